The Morgan fingerprint density at radius 3 is 2.50 bits per heavy atom. The first-order chi connectivity index (χ1) is 9.58. The van der Waals surface area contributed by atoms with Gasteiger partial charge in [0, 0.05) is 23.1 Å². The molecule has 1 N–H and O–H groups in total. The first-order valence-electron chi connectivity index (χ1n) is 6.94. The Hall–Kier alpha value is -0.940. The van der Waals surface area contributed by atoms with Crippen molar-refractivity contribution < 1.29 is 4.79 Å². The predicted molar refractivity (Wildman–Crippen MR) is 89.0 cm³/mol. The summed E-state index contributed by atoms with van der Waals surface area (Å²) in [5.41, 5.74) is 1.73. The van der Waals surface area contributed by atoms with Gasteiger partial charge in [0.1, 0.15) is 0 Å². The van der Waals surface area contributed by atoms with E-state index in [2.05, 4.69) is 26.1 Å². The van der Waals surface area contributed by atoms with Crippen molar-refractivity contribution in [2.45, 2.75) is 32.6 Å². The highest BCUT2D eigenvalue weighted by Gasteiger charge is 2.15. The minimum absolute atomic E-state index is 0.139. The normalized spacial score (nSPS) is 15.6. The van der Waals surface area contributed by atoms with Crippen LogP contribution < -0.4 is 5.32 Å². The molecule has 20 heavy (non-hydrogen) atoms. The van der Waals surface area contributed by atoms with Crippen molar-refractivity contribution in [1.29, 1.82) is 0 Å². The van der Waals surface area contributed by atoms with E-state index in [9.17, 15) is 4.79 Å². The van der Waals surface area contributed by atoms with Gasteiger partial charge in [0.2, 0.25) is 0 Å². The molecule has 5 heteroatoms. The second-order valence-corrected chi connectivity index (χ2v) is 6.37. The summed E-state index contributed by atoms with van der Waals surface area (Å²) in [5, 5.41) is 3.39. The highest BCUT2D eigenvalue weighted by atomic mass is 79.9. The third-order valence-electron chi connectivity index (χ3n) is 3.55. The smallest absolute Gasteiger partial charge is 0.257 e. The van der Waals surface area contributed by atoms with E-state index in [0.717, 1.165) is 36.0 Å². The number of halogens is 1. The lowest BCUT2D eigenvalue weighted by molar-refractivity contribution is 0.0973. The van der Waals surface area contributed by atoms with Crippen LogP contribution in [0.1, 0.15) is 41.6 Å². The van der Waals surface area contributed by atoms with Crippen molar-refractivity contribution in [3.63, 3.8) is 0 Å². The molecule has 3 nitrogen and oxygen atoms in total. The van der Waals surface area contributed by atoms with Gasteiger partial charge in [0.05, 0.1) is 0 Å². The van der Waals surface area contributed by atoms with Crippen molar-refractivity contribution in [3.05, 3.63) is 33.8 Å². The van der Waals surface area contributed by atoms with Gasteiger partial charge in [-0.2, -0.15) is 0 Å². The number of hydrogen-bond acceptors (Lipinski definition) is 2. The Balaban J connectivity index is 1.99. The Morgan fingerprint density at radius 1 is 1.25 bits per heavy atom. The van der Waals surface area contributed by atoms with E-state index < -0.39 is 0 Å². The second-order valence-electron chi connectivity index (χ2n) is 5.12. The Bertz CT molecular complexity index is 511. The van der Waals surface area contributed by atoms with Crippen molar-refractivity contribution in [1.82, 2.24) is 10.2 Å². The number of carbonyl (C=O) groups excluding carboxylic acids is 1. The van der Waals surface area contributed by atoms with Crippen LogP contribution in [0.25, 0.3) is 0 Å². The number of aryl methyl sites for hydroxylation is 1. The van der Waals surface area contributed by atoms with Crippen molar-refractivity contribution >= 4 is 39.2 Å². The molecule has 1 aromatic rings. The van der Waals surface area contributed by atoms with E-state index >= 15 is 0 Å². The maximum absolute atomic E-state index is 12.2. The molecule has 0 aromatic heterocycles. The van der Waals surface area contributed by atoms with E-state index in [-0.39, 0.29) is 5.91 Å². The SMILES string of the molecule is Cc1ccc(C(=O)NC(=S)N2CCCCCC2)cc1Br. The highest BCUT2D eigenvalue weighted by Crippen LogP contribution is 2.17. The minimum Gasteiger partial charge on any atom is -0.349 e. The number of nitrogens with zero attached hydrogens (tertiary/aromatic N) is 1. The summed E-state index contributed by atoms with van der Waals surface area (Å²) in [4.78, 5) is 14.3. The molecule has 0 atom stereocenters. The van der Waals surface area contributed by atoms with Crippen LogP contribution in [0, 0.1) is 6.92 Å². The molecule has 1 aromatic carbocycles. The quantitative estimate of drug-likeness (QED) is 0.781. The number of nitrogens with one attached hydrogen (secondary N) is 1. The van der Waals surface area contributed by atoms with Gasteiger partial charge in [-0.05, 0) is 49.7 Å². The monoisotopic (exact) mass is 354 g/mol. The number of hydrogen-bond donors (Lipinski definition) is 1. The summed E-state index contributed by atoms with van der Waals surface area (Å²) in [7, 11) is 0. The summed E-state index contributed by atoms with van der Waals surface area (Å²) in [5.74, 6) is -0.139. The van der Waals surface area contributed by atoms with Crippen LogP contribution in [0.5, 0.6) is 0 Å². The number of likely N-dealkylation sites (tertiary alicyclic amines) is 1. The molecular weight excluding hydrogens is 336 g/mol. The van der Waals surface area contributed by atoms with Gasteiger partial charge in [-0.15, -0.1) is 0 Å². The standard InChI is InChI=1S/C15H19BrN2OS/c1-11-6-7-12(10-13(11)16)14(19)17-15(20)18-8-4-2-3-5-9-18/h6-7,10H,2-5,8-9H2,1H3,(H,17,19,20). The molecule has 1 aliphatic rings. The van der Waals surface area contributed by atoms with Gasteiger partial charge < -0.3 is 4.90 Å². The average Bonchev–Trinajstić information content (AvgIpc) is 2.70. The van der Waals surface area contributed by atoms with E-state index in [4.69, 9.17) is 12.2 Å². The molecule has 108 valence electrons. The van der Waals surface area contributed by atoms with Gasteiger partial charge in [-0.1, -0.05) is 34.8 Å². The first-order valence-corrected chi connectivity index (χ1v) is 8.14. The van der Waals surface area contributed by atoms with Crippen LogP contribution >= 0.6 is 28.1 Å². The maximum Gasteiger partial charge on any atom is 0.257 e. The van der Waals surface area contributed by atoms with Crippen LogP contribution in [0.3, 0.4) is 0 Å². The largest absolute Gasteiger partial charge is 0.349 e. The summed E-state index contributed by atoms with van der Waals surface area (Å²) in [6.45, 7) is 3.88. The molecule has 0 unspecified atom stereocenters. The molecule has 0 spiro atoms. The van der Waals surface area contributed by atoms with Crippen LogP contribution in [0.15, 0.2) is 22.7 Å². The molecule has 1 heterocycles. The number of benzene rings is 1. The lowest BCUT2D eigenvalue weighted by Crippen LogP contribution is -2.43. The van der Waals surface area contributed by atoms with Crippen molar-refractivity contribution in [2.24, 2.45) is 0 Å². The van der Waals surface area contributed by atoms with Crippen LogP contribution in [0.2, 0.25) is 0 Å². The highest BCUT2D eigenvalue weighted by molar-refractivity contribution is 9.10. The van der Waals surface area contributed by atoms with Crippen LogP contribution in [-0.2, 0) is 0 Å². The third-order valence-corrected chi connectivity index (χ3v) is 4.76. The van der Waals surface area contributed by atoms with Gasteiger partial charge in [-0.25, -0.2) is 0 Å². The summed E-state index contributed by atoms with van der Waals surface area (Å²) < 4.78 is 0.936. The van der Waals surface area contributed by atoms with E-state index in [1.54, 1.807) is 0 Å². The zero-order valence-electron chi connectivity index (χ0n) is 11.6. The summed E-state index contributed by atoms with van der Waals surface area (Å²) in [6, 6.07) is 5.57. The van der Waals surface area contributed by atoms with E-state index in [1.165, 1.54) is 12.8 Å². The van der Waals surface area contributed by atoms with Crippen molar-refractivity contribution in [2.75, 3.05) is 13.1 Å². The zero-order chi connectivity index (χ0) is 14.5. The molecule has 1 amide bonds. The Kier molecular flexibility index (Phi) is 5.54. The molecule has 0 radical (unpaired) electrons. The zero-order valence-corrected chi connectivity index (χ0v) is 14.0. The van der Waals surface area contributed by atoms with E-state index in [0.29, 0.717) is 10.7 Å². The minimum atomic E-state index is -0.139. The molecule has 1 aliphatic heterocycles. The van der Waals surface area contributed by atoms with Crippen LogP contribution in [0.4, 0.5) is 0 Å². The number of rotatable bonds is 1. The van der Waals surface area contributed by atoms with Crippen LogP contribution in [-0.4, -0.2) is 29.0 Å². The molecule has 0 bridgehead atoms. The fourth-order valence-corrected chi connectivity index (χ4v) is 2.91. The summed E-state index contributed by atoms with van der Waals surface area (Å²) >= 11 is 8.80. The molecule has 1 fully saturated rings. The lowest BCUT2D eigenvalue weighted by Gasteiger charge is -2.23. The van der Waals surface area contributed by atoms with Gasteiger partial charge in [0.25, 0.3) is 5.91 Å². The Morgan fingerprint density at radius 2 is 1.90 bits per heavy atom. The van der Waals surface area contributed by atoms with Gasteiger partial charge >= 0.3 is 0 Å². The lowest BCUT2D eigenvalue weighted by atomic mass is 10.1. The fourth-order valence-electron chi connectivity index (χ4n) is 2.26. The second kappa shape index (κ2) is 7.18. The molecule has 2 rings (SSSR count). The van der Waals surface area contributed by atoms with Gasteiger partial charge in [-0.3, -0.25) is 10.1 Å². The Labute approximate surface area is 133 Å². The predicted octanol–water partition coefficient (Wildman–Crippen LogP) is 3.65. The summed E-state index contributed by atoms with van der Waals surface area (Å²) in [6.07, 6.45) is 4.79. The number of carbonyl (C=O) groups is 1. The molecular formula is C15H19BrN2OS. The fraction of sp³-hybridized carbons (Fsp3) is 0.467. The molecule has 1 saturated heterocycles. The van der Waals surface area contributed by atoms with Gasteiger partial charge in [0.15, 0.2) is 5.11 Å². The number of thiocarbonyl (C=S) groups is 1. The maximum atomic E-state index is 12.2. The van der Waals surface area contributed by atoms with Crippen molar-refractivity contribution in [3.8, 4) is 0 Å². The number of amides is 1. The third kappa shape index (κ3) is 4.03. The average molecular weight is 355 g/mol. The first kappa shape index (κ1) is 15.4. The van der Waals surface area contributed by atoms with E-state index in [1.807, 2.05) is 25.1 Å². The molecule has 0 aliphatic carbocycles. The topological polar surface area (TPSA) is 32.3 Å². The molecule has 0 saturated carbocycles.